The minimum Gasteiger partial charge on any atom is -0.342 e. The fourth-order valence-electron chi connectivity index (χ4n) is 4.69. The summed E-state index contributed by atoms with van der Waals surface area (Å²) in [6.45, 7) is 3.83. The lowest BCUT2D eigenvalue weighted by Crippen LogP contribution is -2.39. The van der Waals surface area contributed by atoms with Crippen molar-refractivity contribution in [3.63, 3.8) is 0 Å². The molecule has 0 unspecified atom stereocenters. The van der Waals surface area contributed by atoms with Crippen molar-refractivity contribution >= 4 is 17.7 Å². The number of likely N-dealkylation sites (tertiary alicyclic amines) is 1. The molecule has 0 bridgehead atoms. The summed E-state index contributed by atoms with van der Waals surface area (Å²) in [5.74, 6) is 1.62. The molecule has 2 aliphatic rings. The average Bonchev–Trinajstić information content (AvgIpc) is 3.19. The van der Waals surface area contributed by atoms with Gasteiger partial charge in [0.2, 0.25) is 5.91 Å². The molecule has 1 saturated carbocycles. The lowest BCUT2D eigenvalue weighted by molar-refractivity contribution is -0.129. The Hall–Kier alpha value is -1.86. The number of amides is 1. The molecule has 1 aliphatic heterocycles. The number of piperidine rings is 1. The first-order valence-corrected chi connectivity index (χ1v) is 12.8. The summed E-state index contributed by atoms with van der Waals surface area (Å²) >= 11 is 1.53. The standard InChI is InChI=1S/C24H35N5OS/c1-27(21-13-7-3-8-14-21)23(30)19-31-24-26-25-22(18-28-15-9-4-10-16-28)29(24)17-20-11-5-2-6-12-20/h2,5-6,11-12,21H,3-4,7-10,13-19H2,1H3. The van der Waals surface area contributed by atoms with E-state index in [9.17, 15) is 4.79 Å². The third kappa shape index (κ3) is 6.10. The molecule has 2 heterocycles. The van der Waals surface area contributed by atoms with Crippen molar-refractivity contribution < 1.29 is 4.79 Å². The van der Waals surface area contributed by atoms with E-state index in [2.05, 4.69) is 43.9 Å². The van der Waals surface area contributed by atoms with Crippen LogP contribution in [0, 0.1) is 0 Å². The third-order valence-electron chi connectivity index (χ3n) is 6.63. The van der Waals surface area contributed by atoms with Crippen LogP contribution in [0.1, 0.15) is 62.8 Å². The summed E-state index contributed by atoms with van der Waals surface area (Å²) in [6.07, 6.45) is 9.89. The van der Waals surface area contributed by atoms with Crippen LogP contribution in [0.5, 0.6) is 0 Å². The molecule has 2 aromatic rings. The van der Waals surface area contributed by atoms with Gasteiger partial charge in [-0.25, -0.2) is 0 Å². The van der Waals surface area contributed by atoms with E-state index in [1.807, 2.05) is 18.0 Å². The largest absolute Gasteiger partial charge is 0.342 e. The van der Waals surface area contributed by atoms with Gasteiger partial charge in [0.15, 0.2) is 5.16 Å². The molecule has 7 heteroatoms. The highest BCUT2D eigenvalue weighted by atomic mass is 32.2. The van der Waals surface area contributed by atoms with E-state index in [4.69, 9.17) is 0 Å². The maximum Gasteiger partial charge on any atom is 0.233 e. The number of carbonyl (C=O) groups is 1. The molecule has 168 valence electrons. The van der Waals surface area contributed by atoms with Gasteiger partial charge < -0.3 is 9.47 Å². The normalized spacial score (nSPS) is 18.2. The van der Waals surface area contributed by atoms with E-state index in [1.165, 1.54) is 55.9 Å². The molecular weight excluding hydrogens is 406 g/mol. The van der Waals surface area contributed by atoms with Gasteiger partial charge >= 0.3 is 0 Å². The minimum absolute atomic E-state index is 0.198. The third-order valence-corrected chi connectivity index (χ3v) is 7.58. The van der Waals surface area contributed by atoms with Gasteiger partial charge in [0.05, 0.1) is 18.8 Å². The fraction of sp³-hybridized carbons (Fsp3) is 0.625. The van der Waals surface area contributed by atoms with Crippen LogP contribution in [0.15, 0.2) is 35.5 Å². The topological polar surface area (TPSA) is 54.3 Å². The van der Waals surface area contributed by atoms with Gasteiger partial charge in [-0.15, -0.1) is 10.2 Å². The quantitative estimate of drug-likeness (QED) is 0.575. The Morgan fingerprint density at radius 1 is 1.00 bits per heavy atom. The Morgan fingerprint density at radius 3 is 2.45 bits per heavy atom. The number of aromatic nitrogens is 3. The molecule has 1 amide bonds. The van der Waals surface area contributed by atoms with Gasteiger partial charge in [-0.05, 0) is 44.3 Å². The van der Waals surface area contributed by atoms with Crippen molar-refractivity contribution in [3.8, 4) is 0 Å². The summed E-state index contributed by atoms with van der Waals surface area (Å²) in [5.41, 5.74) is 1.23. The Kier molecular flexibility index (Phi) is 8.03. The number of benzene rings is 1. The highest BCUT2D eigenvalue weighted by Gasteiger charge is 2.23. The summed E-state index contributed by atoms with van der Waals surface area (Å²) in [5, 5.41) is 9.89. The fourth-order valence-corrected chi connectivity index (χ4v) is 5.57. The first-order valence-electron chi connectivity index (χ1n) is 11.8. The predicted molar refractivity (Wildman–Crippen MR) is 125 cm³/mol. The van der Waals surface area contributed by atoms with Gasteiger partial charge in [-0.2, -0.15) is 0 Å². The summed E-state index contributed by atoms with van der Waals surface area (Å²) in [4.78, 5) is 17.3. The maximum absolute atomic E-state index is 12.8. The predicted octanol–water partition coefficient (Wildman–Crippen LogP) is 4.20. The first-order chi connectivity index (χ1) is 15.2. The van der Waals surface area contributed by atoms with Crippen molar-refractivity contribution in [2.75, 3.05) is 25.9 Å². The van der Waals surface area contributed by atoms with E-state index in [-0.39, 0.29) is 5.91 Å². The average molecular weight is 442 g/mol. The number of thioether (sulfide) groups is 1. The molecule has 2 fully saturated rings. The van der Waals surface area contributed by atoms with E-state index in [0.717, 1.165) is 50.0 Å². The molecule has 1 aliphatic carbocycles. The molecule has 1 aromatic heterocycles. The van der Waals surface area contributed by atoms with Gasteiger partial charge in [0.25, 0.3) is 0 Å². The number of hydrogen-bond donors (Lipinski definition) is 0. The monoisotopic (exact) mass is 441 g/mol. The van der Waals surface area contributed by atoms with Crippen LogP contribution in [0.2, 0.25) is 0 Å². The Balaban J connectivity index is 1.44. The van der Waals surface area contributed by atoms with E-state index in [1.54, 1.807) is 0 Å². The van der Waals surface area contributed by atoms with E-state index >= 15 is 0 Å². The molecule has 6 nitrogen and oxygen atoms in total. The van der Waals surface area contributed by atoms with Crippen molar-refractivity contribution in [3.05, 3.63) is 41.7 Å². The van der Waals surface area contributed by atoms with Gasteiger partial charge in [-0.1, -0.05) is 67.8 Å². The molecule has 0 spiro atoms. The van der Waals surface area contributed by atoms with Crippen LogP contribution in [0.3, 0.4) is 0 Å². The number of rotatable bonds is 8. The van der Waals surface area contributed by atoms with Crippen molar-refractivity contribution in [1.82, 2.24) is 24.6 Å². The second kappa shape index (κ2) is 11.1. The zero-order valence-electron chi connectivity index (χ0n) is 18.7. The van der Waals surface area contributed by atoms with Crippen LogP contribution >= 0.6 is 11.8 Å². The molecule has 0 N–H and O–H groups in total. The molecule has 0 atom stereocenters. The van der Waals surface area contributed by atoms with Crippen LogP contribution in [-0.2, 0) is 17.9 Å². The Labute approximate surface area is 190 Å². The van der Waals surface area contributed by atoms with Crippen LogP contribution in [-0.4, -0.2) is 62.4 Å². The van der Waals surface area contributed by atoms with Gasteiger partial charge in [-0.3, -0.25) is 9.69 Å². The number of carbonyl (C=O) groups excluding carboxylic acids is 1. The first kappa shape index (κ1) is 22.3. The van der Waals surface area contributed by atoms with E-state index < -0.39 is 0 Å². The highest BCUT2D eigenvalue weighted by molar-refractivity contribution is 7.99. The second-order valence-corrected chi connectivity index (χ2v) is 9.84. The van der Waals surface area contributed by atoms with Crippen LogP contribution in [0.25, 0.3) is 0 Å². The Bertz CT molecular complexity index is 828. The lowest BCUT2D eigenvalue weighted by atomic mass is 9.94. The molecule has 4 rings (SSSR count). The van der Waals surface area contributed by atoms with Crippen LogP contribution in [0.4, 0.5) is 0 Å². The van der Waals surface area contributed by atoms with Crippen LogP contribution < -0.4 is 0 Å². The molecule has 1 saturated heterocycles. The zero-order chi connectivity index (χ0) is 21.5. The molecule has 31 heavy (non-hydrogen) atoms. The number of hydrogen-bond acceptors (Lipinski definition) is 5. The van der Waals surface area contributed by atoms with E-state index in [0.29, 0.717) is 11.8 Å². The van der Waals surface area contributed by atoms with Crippen molar-refractivity contribution in [1.29, 1.82) is 0 Å². The molecule has 1 aromatic carbocycles. The summed E-state index contributed by atoms with van der Waals surface area (Å²) in [6, 6.07) is 10.9. The summed E-state index contributed by atoms with van der Waals surface area (Å²) in [7, 11) is 1.97. The van der Waals surface area contributed by atoms with Crippen molar-refractivity contribution in [2.45, 2.75) is 75.7 Å². The SMILES string of the molecule is CN(C(=O)CSc1nnc(CN2CCCCC2)n1Cc1ccccc1)C1CCCCC1. The zero-order valence-corrected chi connectivity index (χ0v) is 19.5. The minimum atomic E-state index is 0.198. The molecular formula is C24H35N5OS. The highest BCUT2D eigenvalue weighted by Crippen LogP contribution is 2.24. The number of nitrogens with zero attached hydrogens (tertiary/aromatic N) is 5. The van der Waals surface area contributed by atoms with Gasteiger partial charge in [0, 0.05) is 13.1 Å². The maximum atomic E-state index is 12.8. The smallest absolute Gasteiger partial charge is 0.233 e. The Morgan fingerprint density at radius 2 is 1.71 bits per heavy atom. The lowest BCUT2D eigenvalue weighted by Gasteiger charge is -2.31. The summed E-state index contributed by atoms with van der Waals surface area (Å²) < 4.78 is 2.21. The van der Waals surface area contributed by atoms with Gasteiger partial charge in [0.1, 0.15) is 5.82 Å². The molecule has 0 radical (unpaired) electrons. The van der Waals surface area contributed by atoms with Crippen molar-refractivity contribution in [2.24, 2.45) is 0 Å². The second-order valence-electron chi connectivity index (χ2n) is 8.89.